The third-order valence-electron chi connectivity index (χ3n) is 4.69. The van der Waals surface area contributed by atoms with Gasteiger partial charge in [0.1, 0.15) is 0 Å². The molecule has 0 spiro atoms. The van der Waals surface area contributed by atoms with E-state index in [-0.39, 0.29) is 16.5 Å². The van der Waals surface area contributed by atoms with Crippen molar-refractivity contribution in [3.05, 3.63) is 58.6 Å². The van der Waals surface area contributed by atoms with Crippen LogP contribution in [-0.2, 0) is 4.79 Å². The lowest BCUT2D eigenvalue weighted by Gasteiger charge is -2.33. The Labute approximate surface area is 162 Å². The fourth-order valence-electron chi connectivity index (χ4n) is 3.21. The molecule has 1 heterocycles. The van der Waals surface area contributed by atoms with Crippen LogP contribution in [0.4, 0.5) is 17.1 Å². The summed E-state index contributed by atoms with van der Waals surface area (Å²) >= 11 is 1.61. The van der Waals surface area contributed by atoms with E-state index in [2.05, 4.69) is 10.2 Å². The van der Waals surface area contributed by atoms with Gasteiger partial charge in [0.25, 0.3) is 11.6 Å². The number of para-hydroxylation sites is 1. The summed E-state index contributed by atoms with van der Waals surface area (Å²) in [7, 11) is 0. The second-order valence-electron chi connectivity index (χ2n) is 6.44. The minimum Gasteiger partial charge on any atom is -0.360 e. The van der Waals surface area contributed by atoms with Crippen LogP contribution in [-0.4, -0.2) is 49.8 Å². The Balaban J connectivity index is 1.50. The summed E-state index contributed by atoms with van der Waals surface area (Å²) < 4.78 is 0. The summed E-state index contributed by atoms with van der Waals surface area (Å²) in [6, 6.07) is 14.4. The van der Waals surface area contributed by atoms with Gasteiger partial charge in [-0.05, 0) is 30.5 Å². The van der Waals surface area contributed by atoms with E-state index in [4.69, 9.17) is 0 Å². The van der Waals surface area contributed by atoms with Crippen LogP contribution < -0.4 is 15.1 Å². The maximum atomic E-state index is 12.4. The van der Waals surface area contributed by atoms with Gasteiger partial charge in [-0.1, -0.05) is 12.1 Å². The van der Waals surface area contributed by atoms with Crippen molar-refractivity contribution in [3.63, 3.8) is 0 Å². The topological polar surface area (TPSA) is 79.9 Å². The van der Waals surface area contributed by atoms with Crippen molar-refractivity contribution in [1.29, 1.82) is 0 Å². The van der Waals surface area contributed by atoms with E-state index in [9.17, 15) is 14.9 Å². The Morgan fingerprint density at radius 3 is 2.48 bits per heavy atom. The van der Waals surface area contributed by atoms with Gasteiger partial charge in [0, 0.05) is 22.7 Å². The molecule has 0 atom stereocenters. The maximum absolute atomic E-state index is 12.4. The van der Waals surface area contributed by atoms with Crippen molar-refractivity contribution >= 4 is 34.7 Å². The molecule has 1 fully saturated rings. The molecule has 2 aromatic rings. The Kier molecular flexibility index (Phi) is 6.31. The highest BCUT2D eigenvalue weighted by Gasteiger charge is 2.23. The molecule has 8 heteroatoms. The zero-order valence-electron chi connectivity index (χ0n) is 15.2. The average Bonchev–Trinajstić information content (AvgIpc) is 2.69. The zero-order valence-corrected chi connectivity index (χ0v) is 16.0. The first-order valence-electron chi connectivity index (χ1n) is 8.82. The number of hydrogen-bond acceptors (Lipinski definition) is 5. The number of anilines is 2. The summed E-state index contributed by atoms with van der Waals surface area (Å²) in [6.07, 6.45) is 1.99. The van der Waals surface area contributed by atoms with Crippen LogP contribution in [0.1, 0.15) is 0 Å². The van der Waals surface area contributed by atoms with Crippen molar-refractivity contribution in [2.24, 2.45) is 0 Å². The Hall–Kier alpha value is -2.58. The first-order valence-corrected chi connectivity index (χ1v) is 10.0. The number of non-ortho nitro benzene ring substituents is 1. The molecule has 0 unspecified atom stereocenters. The molecule has 1 saturated heterocycles. The van der Waals surface area contributed by atoms with Crippen LogP contribution >= 0.6 is 11.8 Å². The minimum absolute atomic E-state index is 0.0234. The maximum Gasteiger partial charge on any atom is 0.279 e. The number of hydrogen-bond donors (Lipinski definition) is 2. The summed E-state index contributed by atoms with van der Waals surface area (Å²) in [5, 5.41) is 13.8. The lowest BCUT2D eigenvalue weighted by atomic mass is 10.2. The molecule has 2 aromatic carbocycles. The van der Waals surface area contributed by atoms with Crippen molar-refractivity contribution < 1.29 is 14.6 Å². The summed E-state index contributed by atoms with van der Waals surface area (Å²) in [4.78, 5) is 27.3. The van der Waals surface area contributed by atoms with Crippen LogP contribution in [0.15, 0.2) is 53.4 Å². The standard InChI is InChI=1S/C19H22N4O3S/c1-27-18-5-3-2-4-17(18)20-19(24)14-21-10-12-22(13-11-21)15-6-8-16(9-7-15)23(25)26/h2-9H,10-14H2,1H3,(H,20,24)/p+1. The number of rotatable bonds is 6. The number of thioether (sulfide) groups is 1. The Bertz CT molecular complexity index is 805. The predicted octanol–water partition coefficient (Wildman–Crippen LogP) is 1.66. The molecule has 142 valence electrons. The predicted molar refractivity (Wildman–Crippen MR) is 108 cm³/mol. The van der Waals surface area contributed by atoms with E-state index in [1.54, 1.807) is 23.9 Å². The molecule has 2 N–H and O–H groups in total. The van der Waals surface area contributed by atoms with Gasteiger partial charge >= 0.3 is 0 Å². The normalized spacial score (nSPS) is 14.8. The molecule has 0 aromatic heterocycles. The number of piperazine rings is 1. The van der Waals surface area contributed by atoms with Gasteiger partial charge in [0.05, 0.1) is 36.8 Å². The third-order valence-corrected chi connectivity index (χ3v) is 5.48. The highest BCUT2D eigenvalue weighted by atomic mass is 32.2. The van der Waals surface area contributed by atoms with Crippen LogP contribution in [0.3, 0.4) is 0 Å². The number of nitro benzene ring substituents is 1. The summed E-state index contributed by atoms with van der Waals surface area (Å²) in [5.74, 6) is 0.0234. The number of nitro groups is 1. The summed E-state index contributed by atoms with van der Waals surface area (Å²) in [5.41, 5.74) is 1.95. The molecule has 1 aliphatic heterocycles. The lowest BCUT2D eigenvalue weighted by molar-refractivity contribution is -0.892. The van der Waals surface area contributed by atoms with Gasteiger partial charge in [-0.25, -0.2) is 0 Å². The van der Waals surface area contributed by atoms with Crippen molar-refractivity contribution in [2.45, 2.75) is 4.90 Å². The molecular weight excluding hydrogens is 364 g/mol. The molecule has 0 saturated carbocycles. The number of nitrogens with zero attached hydrogens (tertiary/aromatic N) is 2. The molecule has 0 radical (unpaired) electrons. The molecular formula is C19H23N4O3S+. The Morgan fingerprint density at radius 2 is 1.85 bits per heavy atom. The van der Waals surface area contributed by atoms with E-state index < -0.39 is 0 Å². The molecule has 0 bridgehead atoms. The highest BCUT2D eigenvalue weighted by molar-refractivity contribution is 7.98. The number of benzene rings is 2. The van der Waals surface area contributed by atoms with E-state index in [1.807, 2.05) is 30.5 Å². The fourth-order valence-corrected chi connectivity index (χ4v) is 3.77. The average molecular weight is 387 g/mol. The van der Waals surface area contributed by atoms with Crippen molar-refractivity contribution in [3.8, 4) is 0 Å². The van der Waals surface area contributed by atoms with E-state index in [1.165, 1.54) is 17.0 Å². The number of amides is 1. The zero-order chi connectivity index (χ0) is 19.2. The van der Waals surface area contributed by atoms with Crippen LogP contribution in [0.2, 0.25) is 0 Å². The Morgan fingerprint density at radius 1 is 1.19 bits per heavy atom. The molecule has 3 rings (SSSR count). The van der Waals surface area contributed by atoms with Gasteiger partial charge in [0.15, 0.2) is 6.54 Å². The van der Waals surface area contributed by atoms with Crippen LogP contribution in [0.25, 0.3) is 0 Å². The van der Waals surface area contributed by atoms with Crippen LogP contribution in [0, 0.1) is 10.1 Å². The van der Waals surface area contributed by atoms with Gasteiger partial charge < -0.3 is 15.1 Å². The molecule has 0 aliphatic carbocycles. The van der Waals surface area contributed by atoms with Crippen LogP contribution in [0.5, 0.6) is 0 Å². The van der Waals surface area contributed by atoms with E-state index >= 15 is 0 Å². The quantitative estimate of drug-likeness (QED) is 0.448. The molecule has 1 aliphatic rings. The molecule has 1 amide bonds. The SMILES string of the molecule is CSc1ccccc1NC(=O)C[NH+]1CCN(c2ccc([N+](=O)[O-])cc2)CC1. The van der Waals surface area contributed by atoms with Gasteiger partial charge in [0.2, 0.25) is 0 Å². The molecule has 27 heavy (non-hydrogen) atoms. The largest absolute Gasteiger partial charge is 0.360 e. The minimum atomic E-state index is -0.389. The van der Waals surface area contributed by atoms with E-state index in [0.29, 0.717) is 6.54 Å². The van der Waals surface area contributed by atoms with Crippen molar-refractivity contribution in [2.75, 3.05) is 49.2 Å². The lowest BCUT2D eigenvalue weighted by Crippen LogP contribution is -3.15. The summed E-state index contributed by atoms with van der Waals surface area (Å²) in [6.45, 7) is 3.80. The smallest absolute Gasteiger partial charge is 0.279 e. The highest BCUT2D eigenvalue weighted by Crippen LogP contribution is 2.24. The van der Waals surface area contributed by atoms with Gasteiger partial charge in [-0.15, -0.1) is 11.8 Å². The third kappa shape index (κ3) is 4.99. The number of carbonyl (C=O) groups excluding carboxylic acids is 1. The molecule has 7 nitrogen and oxygen atoms in total. The second kappa shape index (κ2) is 8.88. The second-order valence-corrected chi connectivity index (χ2v) is 7.28. The fraction of sp³-hybridized carbons (Fsp3) is 0.316. The number of quaternary nitrogens is 1. The van der Waals surface area contributed by atoms with E-state index in [0.717, 1.165) is 42.4 Å². The monoisotopic (exact) mass is 387 g/mol. The van der Waals surface area contributed by atoms with Crippen molar-refractivity contribution in [1.82, 2.24) is 0 Å². The first kappa shape index (κ1) is 19.2. The van der Waals surface area contributed by atoms with Gasteiger partial charge in [-0.3, -0.25) is 14.9 Å². The van der Waals surface area contributed by atoms with Gasteiger partial charge in [-0.2, -0.15) is 0 Å². The number of nitrogens with one attached hydrogen (secondary N) is 2. The number of carbonyl (C=O) groups is 1. The first-order chi connectivity index (χ1) is 13.1.